The van der Waals surface area contributed by atoms with Crippen LogP contribution >= 0.6 is 0 Å². The number of benzene rings is 2. The predicted molar refractivity (Wildman–Crippen MR) is 119 cm³/mol. The van der Waals surface area contributed by atoms with E-state index in [2.05, 4.69) is 11.0 Å². The van der Waals surface area contributed by atoms with E-state index in [1.165, 1.54) is 16.4 Å². The minimum Gasteiger partial charge on any atom is -0.336 e. The maximum absolute atomic E-state index is 12.9. The number of hydrogen-bond donors (Lipinski definition) is 0. The van der Waals surface area contributed by atoms with E-state index in [-0.39, 0.29) is 22.9 Å². The molecule has 0 spiro atoms. The van der Waals surface area contributed by atoms with E-state index >= 15 is 0 Å². The fraction of sp³-hybridized carbons (Fsp3) is 0.391. The third-order valence-corrected chi connectivity index (χ3v) is 7.76. The van der Waals surface area contributed by atoms with Crippen molar-refractivity contribution in [1.82, 2.24) is 14.1 Å². The van der Waals surface area contributed by atoms with E-state index in [9.17, 15) is 18.5 Å². The van der Waals surface area contributed by atoms with Gasteiger partial charge in [0.2, 0.25) is 10.0 Å². The van der Waals surface area contributed by atoms with Gasteiger partial charge < -0.3 is 4.90 Å². The first-order valence-corrected chi connectivity index (χ1v) is 11.8. The molecule has 1 atom stereocenters. The number of nitrogens with zero attached hydrogens (tertiary/aromatic N) is 4. The summed E-state index contributed by atoms with van der Waals surface area (Å²) in [5, 5.41) is 9.62. The molecule has 2 aromatic carbocycles. The Morgan fingerprint density at radius 3 is 2.10 bits per heavy atom. The highest BCUT2D eigenvalue weighted by Crippen LogP contribution is 2.22. The Morgan fingerprint density at radius 2 is 1.58 bits per heavy atom. The maximum Gasteiger partial charge on any atom is 0.253 e. The van der Waals surface area contributed by atoms with Gasteiger partial charge in [0.15, 0.2) is 0 Å². The van der Waals surface area contributed by atoms with Crippen LogP contribution in [0.5, 0.6) is 0 Å². The van der Waals surface area contributed by atoms with E-state index in [1.807, 2.05) is 44.2 Å². The SMILES string of the molecule is CC(C)N(C)S(=O)(=O)c1ccc(C(=O)N2CCN(C(C#N)c3ccccc3)CC2)cc1. The van der Waals surface area contributed by atoms with Crippen molar-refractivity contribution in [3.05, 3.63) is 65.7 Å². The van der Waals surface area contributed by atoms with Gasteiger partial charge in [-0.05, 0) is 43.7 Å². The highest BCUT2D eigenvalue weighted by molar-refractivity contribution is 7.89. The van der Waals surface area contributed by atoms with Gasteiger partial charge in [0, 0.05) is 44.8 Å². The molecule has 0 aliphatic carbocycles. The van der Waals surface area contributed by atoms with Gasteiger partial charge in [-0.25, -0.2) is 8.42 Å². The van der Waals surface area contributed by atoms with Crippen LogP contribution in [0.2, 0.25) is 0 Å². The van der Waals surface area contributed by atoms with Crippen LogP contribution in [0, 0.1) is 11.3 Å². The Kier molecular flexibility index (Phi) is 7.11. The van der Waals surface area contributed by atoms with Gasteiger partial charge in [0.05, 0.1) is 11.0 Å². The van der Waals surface area contributed by atoms with Gasteiger partial charge >= 0.3 is 0 Å². The number of piperazine rings is 1. The molecule has 1 amide bonds. The molecule has 0 radical (unpaired) electrons. The van der Waals surface area contributed by atoms with Crippen LogP contribution in [0.1, 0.15) is 35.8 Å². The molecule has 8 heteroatoms. The third-order valence-electron chi connectivity index (χ3n) is 5.71. The zero-order valence-corrected chi connectivity index (χ0v) is 18.9. The molecule has 31 heavy (non-hydrogen) atoms. The van der Waals surface area contributed by atoms with Crippen LogP contribution in [-0.2, 0) is 10.0 Å². The predicted octanol–water partition coefficient (Wildman–Crippen LogP) is 2.74. The van der Waals surface area contributed by atoms with Crippen molar-refractivity contribution >= 4 is 15.9 Å². The van der Waals surface area contributed by atoms with E-state index in [4.69, 9.17) is 0 Å². The fourth-order valence-corrected chi connectivity index (χ4v) is 4.95. The summed E-state index contributed by atoms with van der Waals surface area (Å²) >= 11 is 0. The summed E-state index contributed by atoms with van der Waals surface area (Å²) in [6.07, 6.45) is 0. The molecular weight excluding hydrogens is 412 g/mol. The molecule has 7 nitrogen and oxygen atoms in total. The molecule has 0 bridgehead atoms. The molecule has 1 unspecified atom stereocenters. The summed E-state index contributed by atoms with van der Waals surface area (Å²) in [4.78, 5) is 16.9. The lowest BCUT2D eigenvalue weighted by atomic mass is 10.1. The average Bonchev–Trinajstić information content (AvgIpc) is 2.79. The van der Waals surface area contributed by atoms with Gasteiger partial charge in [-0.2, -0.15) is 9.57 Å². The van der Waals surface area contributed by atoms with Crippen molar-refractivity contribution in [2.24, 2.45) is 0 Å². The first-order chi connectivity index (χ1) is 14.8. The topological polar surface area (TPSA) is 84.7 Å². The van der Waals surface area contributed by atoms with Crippen molar-refractivity contribution < 1.29 is 13.2 Å². The van der Waals surface area contributed by atoms with Crippen molar-refractivity contribution in [3.63, 3.8) is 0 Å². The van der Waals surface area contributed by atoms with Crippen molar-refractivity contribution in [2.45, 2.75) is 30.8 Å². The standard InChI is InChI=1S/C23H28N4O3S/c1-18(2)25(3)31(29,30)21-11-9-20(10-12-21)23(28)27-15-13-26(14-16-27)22(17-24)19-7-5-4-6-8-19/h4-12,18,22H,13-16H2,1-3H3. The number of carbonyl (C=O) groups excluding carboxylic acids is 1. The Balaban J connectivity index is 1.65. The smallest absolute Gasteiger partial charge is 0.253 e. The lowest BCUT2D eigenvalue weighted by Crippen LogP contribution is -2.49. The lowest BCUT2D eigenvalue weighted by molar-refractivity contribution is 0.0606. The minimum absolute atomic E-state index is 0.131. The first kappa shape index (κ1) is 22.9. The first-order valence-electron chi connectivity index (χ1n) is 10.3. The van der Waals surface area contributed by atoms with E-state index in [0.717, 1.165) is 5.56 Å². The normalized spacial score (nSPS) is 16.3. The quantitative estimate of drug-likeness (QED) is 0.690. The van der Waals surface area contributed by atoms with Gasteiger partial charge in [0.1, 0.15) is 6.04 Å². The number of rotatable bonds is 6. The van der Waals surface area contributed by atoms with Gasteiger partial charge in [-0.3, -0.25) is 9.69 Å². The molecule has 0 saturated carbocycles. The molecule has 3 rings (SSSR count). The van der Waals surface area contributed by atoms with Crippen molar-refractivity contribution in [2.75, 3.05) is 33.2 Å². The molecule has 0 N–H and O–H groups in total. The molecule has 1 saturated heterocycles. The van der Waals surface area contributed by atoms with Gasteiger partial charge in [-0.15, -0.1) is 0 Å². The van der Waals surface area contributed by atoms with Crippen LogP contribution < -0.4 is 0 Å². The summed E-state index contributed by atoms with van der Waals surface area (Å²) in [5.41, 5.74) is 1.41. The number of nitriles is 1. The van der Waals surface area contributed by atoms with Crippen LogP contribution in [0.25, 0.3) is 0 Å². The molecule has 2 aromatic rings. The van der Waals surface area contributed by atoms with E-state index in [1.54, 1.807) is 24.1 Å². The molecule has 164 valence electrons. The zero-order valence-electron chi connectivity index (χ0n) is 18.1. The van der Waals surface area contributed by atoms with Crippen LogP contribution in [-0.4, -0.2) is 67.7 Å². The maximum atomic E-state index is 12.9. The molecule has 1 fully saturated rings. The van der Waals surface area contributed by atoms with E-state index < -0.39 is 10.0 Å². The zero-order chi connectivity index (χ0) is 22.6. The van der Waals surface area contributed by atoms with Gasteiger partial charge in [0.25, 0.3) is 5.91 Å². The van der Waals surface area contributed by atoms with Crippen LogP contribution in [0.15, 0.2) is 59.5 Å². The second-order valence-corrected chi connectivity index (χ2v) is 9.91. The van der Waals surface area contributed by atoms with E-state index in [0.29, 0.717) is 31.7 Å². The van der Waals surface area contributed by atoms with Crippen molar-refractivity contribution in [3.8, 4) is 6.07 Å². The van der Waals surface area contributed by atoms with Crippen LogP contribution in [0.3, 0.4) is 0 Å². The Bertz CT molecular complexity index is 1040. The third kappa shape index (κ3) is 4.96. The molecule has 0 aromatic heterocycles. The monoisotopic (exact) mass is 440 g/mol. The Hall–Kier alpha value is -2.73. The summed E-state index contributed by atoms with van der Waals surface area (Å²) in [5.74, 6) is -0.131. The molecule has 1 aliphatic heterocycles. The highest BCUT2D eigenvalue weighted by Gasteiger charge is 2.28. The fourth-order valence-electron chi connectivity index (χ4n) is 3.58. The second kappa shape index (κ2) is 9.60. The number of amides is 1. The Morgan fingerprint density at radius 1 is 1.00 bits per heavy atom. The summed E-state index contributed by atoms with van der Waals surface area (Å²) in [6, 6.07) is 17.6. The summed E-state index contributed by atoms with van der Waals surface area (Å²) in [6.45, 7) is 5.85. The average molecular weight is 441 g/mol. The number of carbonyl (C=O) groups is 1. The summed E-state index contributed by atoms with van der Waals surface area (Å²) < 4.78 is 26.5. The van der Waals surface area contributed by atoms with Crippen molar-refractivity contribution in [1.29, 1.82) is 5.26 Å². The lowest BCUT2D eigenvalue weighted by Gasteiger charge is -2.37. The molecule has 1 heterocycles. The number of hydrogen-bond acceptors (Lipinski definition) is 5. The molecule has 1 aliphatic rings. The summed E-state index contributed by atoms with van der Waals surface area (Å²) in [7, 11) is -2.04. The second-order valence-electron chi connectivity index (χ2n) is 7.91. The highest BCUT2D eigenvalue weighted by atomic mass is 32.2. The largest absolute Gasteiger partial charge is 0.336 e. The molecular formula is C23H28N4O3S. The minimum atomic E-state index is -3.58. The van der Waals surface area contributed by atoms with Gasteiger partial charge in [-0.1, -0.05) is 30.3 Å². The van der Waals surface area contributed by atoms with Crippen LogP contribution in [0.4, 0.5) is 0 Å². The Labute approximate surface area is 184 Å². The number of sulfonamides is 1.